The van der Waals surface area contributed by atoms with E-state index in [0.717, 1.165) is 6.42 Å². The first-order valence-electron chi connectivity index (χ1n) is 6.42. The summed E-state index contributed by atoms with van der Waals surface area (Å²) in [5.74, 6) is -1.07. The average Bonchev–Trinajstić information content (AvgIpc) is 2.44. The molecular weight excluding hydrogens is 332 g/mol. The van der Waals surface area contributed by atoms with Gasteiger partial charge in [-0.1, -0.05) is 0 Å². The third kappa shape index (κ3) is 5.44. The summed E-state index contributed by atoms with van der Waals surface area (Å²) in [6.45, 7) is 2.66. The van der Waals surface area contributed by atoms with Gasteiger partial charge in [0.1, 0.15) is 11.6 Å². The van der Waals surface area contributed by atoms with Gasteiger partial charge < -0.3 is 9.47 Å². The predicted molar refractivity (Wildman–Crippen MR) is 77.7 cm³/mol. The molecule has 0 atom stereocenters. The van der Waals surface area contributed by atoms with Crippen molar-refractivity contribution in [3.05, 3.63) is 33.8 Å². The minimum absolute atomic E-state index is 0.0768. The molecule has 0 aliphatic rings. The maximum atomic E-state index is 14.0. The minimum atomic E-state index is -0.542. The van der Waals surface area contributed by atoms with Crippen LogP contribution in [0.3, 0.4) is 0 Å². The van der Waals surface area contributed by atoms with Crippen LogP contribution in [0.15, 0.2) is 16.6 Å². The number of hydrogen-bond acceptors (Lipinski definition) is 3. The Bertz CT molecular complexity index is 418. The number of benzene rings is 1. The van der Waals surface area contributed by atoms with Crippen molar-refractivity contribution in [1.82, 2.24) is 4.90 Å². The SMILES string of the molecule is COCCCN(CCOC)Cc1c(F)ccc(Br)c1F. The van der Waals surface area contributed by atoms with Gasteiger partial charge in [0.2, 0.25) is 0 Å². The second-order valence-electron chi connectivity index (χ2n) is 4.44. The van der Waals surface area contributed by atoms with Crippen LogP contribution < -0.4 is 0 Å². The maximum absolute atomic E-state index is 14.0. The summed E-state index contributed by atoms with van der Waals surface area (Å²) in [4.78, 5) is 1.95. The summed E-state index contributed by atoms with van der Waals surface area (Å²) in [5.41, 5.74) is 0.0768. The van der Waals surface area contributed by atoms with Crippen molar-refractivity contribution in [2.24, 2.45) is 0 Å². The Morgan fingerprint density at radius 3 is 2.45 bits per heavy atom. The molecule has 0 aromatic heterocycles. The smallest absolute Gasteiger partial charge is 0.144 e. The third-order valence-electron chi connectivity index (χ3n) is 2.96. The van der Waals surface area contributed by atoms with Gasteiger partial charge >= 0.3 is 0 Å². The molecule has 0 bridgehead atoms. The van der Waals surface area contributed by atoms with E-state index < -0.39 is 11.6 Å². The molecule has 0 saturated carbocycles. The fourth-order valence-corrected chi connectivity index (χ4v) is 2.23. The number of nitrogens with zero attached hydrogens (tertiary/aromatic N) is 1. The topological polar surface area (TPSA) is 21.7 Å². The zero-order valence-electron chi connectivity index (χ0n) is 11.8. The van der Waals surface area contributed by atoms with Gasteiger partial charge in [-0.3, -0.25) is 4.90 Å². The number of hydrogen-bond donors (Lipinski definition) is 0. The first-order valence-corrected chi connectivity index (χ1v) is 7.22. The number of rotatable bonds is 9. The van der Waals surface area contributed by atoms with Crippen molar-refractivity contribution < 1.29 is 18.3 Å². The van der Waals surface area contributed by atoms with Gasteiger partial charge in [-0.05, 0) is 34.5 Å². The van der Waals surface area contributed by atoms with Crippen LogP contribution in [0.5, 0.6) is 0 Å². The molecule has 6 heteroatoms. The minimum Gasteiger partial charge on any atom is -0.385 e. The number of methoxy groups -OCH3 is 2. The van der Waals surface area contributed by atoms with Gasteiger partial charge in [0, 0.05) is 46.0 Å². The average molecular weight is 352 g/mol. The molecule has 114 valence electrons. The first kappa shape index (κ1) is 17.5. The van der Waals surface area contributed by atoms with E-state index in [1.54, 1.807) is 14.2 Å². The molecule has 0 saturated heterocycles. The summed E-state index contributed by atoms with van der Waals surface area (Å²) in [5, 5.41) is 0. The van der Waals surface area contributed by atoms with Gasteiger partial charge in [0.25, 0.3) is 0 Å². The Hall–Kier alpha value is -0.560. The van der Waals surface area contributed by atoms with E-state index in [9.17, 15) is 8.78 Å². The number of halogens is 3. The lowest BCUT2D eigenvalue weighted by molar-refractivity contribution is 0.127. The Kier molecular flexibility index (Phi) is 8.21. The monoisotopic (exact) mass is 351 g/mol. The molecule has 1 aromatic carbocycles. The Balaban J connectivity index is 2.74. The maximum Gasteiger partial charge on any atom is 0.144 e. The molecule has 0 fully saturated rings. The third-order valence-corrected chi connectivity index (χ3v) is 3.57. The highest BCUT2D eigenvalue weighted by molar-refractivity contribution is 9.10. The second kappa shape index (κ2) is 9.39. The van der Waals surface area contributed by atoms with Gasteiger partial charge in [0.15, 0.2) is 0 Å². The van der Waals surface area contributed by atoms with Crippen molar-refractivity contribution >= 4 is 15.9 Å². The van der Waals surface area contributed by atoms with Gasteiger partial charge in [-0.2, -0.15) is 0 Å². The van der Waals surface area contributed by atoms with Crippen LogP contribution in [0.1, 0.15) is 12.0 Å². The molecule has 0 heterocycles. The van der Waals surface area contributed by atoms with Crippen LogP contribution in [0.2, 0.25) is 0 Å². The van der Waals surface area contributed by atoms with Crippen LogP contribution in [0.25, 0.3) is 0 Å². The fraction of sp³-hybridized carbons (Fsp3) is 0.571. The lowest BCUT2D eigenvalue weighted by atomic mass is 10.1. The quantitative estimate of drug-likeness (QED) is 0.503. The lowest BCUT2D eigenvalue weighted by Gasteiger charge is -2.22. The Morgan fingerprint density at radius 2 is 1.80 bits per heavy atom. The summed E-state index contributed by atoms with van der Waals surface area (Å²) < 4.78 is 38.0. The van der Waals surface area contributed by atoms with E-state index in [1.807, 2.05) is 4.90 Å². The van der Waals surface area contributed by atoms with E-state index in [4.69, 9.17) is 9.47 Å². The molecule has 1 aromatic rings. The molecule has 0 aliphatic heterocycles. The van der Waals surface area contributed by atoms with E-state index in [0.29, 0.717) is 26.3 Å². The summed E-state index contributed by atoms with van der Waals surface area (Å²) in [6.07, 6.45) is 0.803. The van der Waals surface area contributed by atoms with E-state index in [1.165, 1.54) is 12.1 Å². The lowest BCUT2D eigenvalue weighted by Crippen LogP contribution is -2.29. The largest absolute Gasteiger partial charge is 0.385 e. The molecule has 0 radical (unpaired) electrons. The van der Waals surface area contributed by atoms with Gasteiger partial charge in [0.05, 0.1) is 11.1 Å². The molecule has 0 N–H and O–H groups in total. The van der Waals surface area contributed by atoms with Crippen LogP contribution in [0.4, 0.5) is 8.78 Å². The second-order valence-corrected chi connectivity index (χ2v) is 5.29. The zero-order valence-corrected chi connectivity index (χ0v) is 13.4. The highest BCUT2D eigenvalue weighted by atomic mass is 79.9. The van der Waals surface area contributed by atoms with Crippen LogP contribution in [0, 0.1) is 11.6 Å². The standard InChI is InChI=1S/C14H20BrF2NO2/c1-19-8-3-6-18(7-9-20-2)10-11-13(16)5-4-12(15)14(11)17/h4-5H,3,6-10H2,1-2H3. The fourth-order valence-electron chi connectivity index (χ4n) is 1.86. The van der Waals surface area contributed by atoms with Crippen molar-refractivity contribution in [2.45, 2.75) is 13.0 Å². The van der Waals surface area contributed by atoms with Gasteiger partial charge in [-0.15, -0.1) is 0 Å². The summed E-state index contributed by atoms with van der Waals surface area (Å²) >= 11 is 3.08. The van der Waals surface area contributed by atoms with Crippen LogP contribution in [-0.2, 0) is 16.0 Å². The highest BCUT2D eigenvalue weighted by Gasteiger charge is 2.16. The van der Waals surface area contributed by atoms with E-state index >= 15 is 0 Å². The van der Waals surface area contributed by atoms with Crippen LogP contribution >= 0.6 is 15.9 Å². The number of ether oxygens (including phenoxy) is 2. The first-order chi connectivity index (χ1) is 9.60. The van der Waals surface area contributed by atoms with Crippen LogP contribution in [-0.4, -0.2) is 45.4 Å². The molecule has 1 rings (SSSR count). The zero-order chi connectivity index (χ0) is 15.0. The molecule has 0 spiro atoms. The van der Waals surface area contributed by atoms with Crippen molar-refractivity contribution in [3.8, 4) is 0 Å². The summed E-state index contributed by atoms with van der Waals surface area (Å²) in [7, 11) is 3.24. The van der Waals surface area contributed by atoms with Crippen molar-refractivity contribution in [3.63, 3.8) is 0 Å². The predicted octanol–water partition coefficient (Wildman–Crippen LogP) is 3.21. The highest BCUT2D eigenvalue weighted by Crippen LogP contribution is 2.22. The molecule has 0 amide bonds. The molecule has 20 heavy (non-hydrogen) atoms. The normalized spacial score (nSPS) is 11.3. The van der Waals surface area contributed by atoms with Gasteiger partial charge in [-0.25, -0.2) is 8.78 Å². The van der Waals surface area contributed by atoms with Crippen molar-refractivity contribution in [2.75, 3.05) is 40.5 Å². The molecule has 3 nitrogen and oxygen atoms in total. The van der Waals surface area contributed by atoms with E-state index in [-0.39, 0.29) is 16.6 Å². The Labute approximate surface area is 127 Å². The Morgan fingerprint density at radius 1 is 1.10 bits per heavy atom. The molecular formula is C14H20BrF2NO2. The van der Waals surface area contributed by atoms with E-state index in [2.05, 4.69) is 15.9 Å². The molecule has 0 unspecified atom stereocenters. The van der Waals surface area contributed by atoms with Crippen molar-refractivity contribution in [1.29, 1.82) is 0 Å². The molecule has 0 aliphatic carbocycles. The summed E-state index contributed by atoms with van der Waals surface area (Å²) in [6, 6.07) is 2.64.